The first-order valence-electron chi connectivity index (χ1n) is 6.07. The van der Waals surface area contributed by atoms with Gasteiger partial charge in [-0.1, -0.05) is 6.92 Å². The number of aliphatic carboxylic acids is 1. The summed E-state index contributed by atoms with van der Waals surface area (Å²) in [5, 5.41) is 11.2. The van der Waals surface area contributed by atoms with Crippen LogP contribution in [0.4, 0.5) is 0 Å². The molecule has 1 aromatic rings. The Bertz CT molecular complexity index is 482. The summed E-state index contributed by atoms with van der Waals surface area (Å²) < 4.78 is 0. The second-order valence-corrected chi connectivity index (χ2v) is 5.76. The van der Waals surface area contributed by atoms with Crippen molar-refractivity contribution in [2.45, 2.75) is 26.7 Å². The van der Waals surface area contributed by atoms with E-state index in [2.05, 4.69) is 0 Å². The lowest BCUT2D eigenvalue weighted by Gasteiger charge is -2.22. The van der Waals surface area contributed by atoms with Gasteiger partial charge in [0.25, 0.3) is 5.91 Å². The summed E-state index contributed by atoms with van der Waals surface area (Å²) in [6.07, 6.45) is 1.12. The molecule has 4 nitrogen and oxygen atoms in total. The van der Waals surface area contributed by atoms with Gasteiger partial charge in [-0.2, -0.15) is 0 Å². The van der Waals surface area contributed by atoms with Gasteiger partial charge in [0.05, 0.1) is 10.3 Å². The van der Waals surface area contributed by atoms with E-state index in [9.17, 15) is 14.7 Å². The molecule has 1 N–H and O–H groups in total. The molecule has 1 unspecified atom stereocenters. The molecule has 0 radical (unpaired) electrons. The number of hydrogen-bond donors (Lipinski definition) is 1. The Hall–Kier alpha value is -1.36. The summed E-state index contributed by atoms with van der Waals surface area (Å²) in [6, 6.07) is 1.91. The maximum atomic E-state index is 12.3. The predicted octanol–water partition coefficient (Wildman–Crippen LogP) is 2.38. The Morgan fingerprint density at radius 3 is 2.72 bits per heavy atom. The first-order chi connectivity index (χ1) is 8.50. The van der Waals surface area contributed by atoms with Crippen LogP contribution in [-0.4, -0.2) is 35.0 Å². The van der Waals surface area contributed by atoms with Crippen LogP contribution >= 0.6 is 11.3 Å². The molecule has 1 fully saturated rings. The predicted molar refractivity (Wildman–Crippen MR) is 69.9 cm³/mol. The third-order valence-electron chi connectivity index (χ3n) is 3.83. The van der Waals surface area contributed by atoms with Crippen molar-refractivity contribution in [3.05, 3.63) is 21.9 Å². The van der Waals surface area contributed by atoms with Gasteiger partial charge >= 0.3 is 5.97 Å². The van der Waals surface area contributed by atoms with Crippen molar-refractivity contribution in [2.24, 2.45) is 5.41 Å². The van der Waals surface area contributed by atoms with Gasteiger partial charge in [0.15, 0.2) is 0 Å². The van der Waals surface area contributed by atoms with Gasteiger partial charge < -0.3 is 10.0 Å². The highest BCUT2D eigenvalue weighted by Gasteiger charge is 2.45. The lowest BCUT2D eigenvalue weighted by Crippen LogP contribution is -2.36. The van der Waals surface area contributed by atoms with Crippen LogP contribution in [0.3, 0.4) is 0 Å². The van der Waals surface area contributed by atoms with Crippen LogP contribution in [0.5, 0.6) is 0 Å². The molecule has 0 aliphatic carbocycles. The minimum absolute atomic E-state index is 0.0286. The Morgan fingerprint density at radius 2 is 2.28 bits per heavy atom. The third kappa shape index (κ3) is 2.03. The van der Waals surface area contributed by atoms with Crippen LogP contribution in [0.15, 0.2) is 11.4 Å². The van der Waals surface area contributed by atoms with Crippen molar-refractivity contribution >= 4 is 23.2 Å². The zero-order valence-electron chi connectivity index (χ0n) is 10.6. The van der Waals surface area contributed by atoms with Crippen molar-refractivity contribution in [3.63, 3.8) is 0 Å². The van der Waals surface area contributed by atoms with Gasteiger partial charge in [-0.05, 0) is 36.8 Å². The molecular weight excluding hydrogens is 250 g/mol. The SMILES string of the molecule is CCC1(C(=O)O)CCN(C(=O)c2sccc2C)C1. The smallest absolute Gasteiger partial charge is 0.311 e. The van der Waals surface area contributed by atoms with E-state index in [4.69, 9.17) is 0 Å². The number of amides is 1. The Balaban J connectivity index is 2.17. The van der Waals surface area contributed by atoms with E-state index in [-0.39, 0.29) is 5.91 Å². The molecule has 1 amide bonds. The van der Waals surface area contributed by atoms with Gasteiger partial charge in [-0.15, -0.1) is 11.3 Å². The van der Waals surface area contributed by atoms with Gasteiger partial charge in [0, 0.05) is 13.1 Å². The molecule has 1 aliphatic rings. The first kappa shape index (κ1) is 13.1. The van der Waals surface area contributed by atoms with Crippen molar-refractivity contribution in [2.75, 3.05) is 13.1 Å². The number of carbonyl (C=O) groups excluding carboxylic acids is 1. The van der Waals surface area contributed by atoms with Crippen LogP contribution < -0.4 is 0 Å². The van der Waals surface area contributed by atoms with Crippen LogP contribution in [-0.2, 0) is 4.79 Å². The van der Waals surface area contributed by atoms with E-state index < -0.39 is 11.4 Å². The fourth-order valence-electron chi connectivity index (χ4n) is 2.40. The summed E-state index contributed by atoms with van der Waals surface area (Å²) in [5.74, 6) is -0.817. The maximum Gasteiger partial charge on any atom is 0.311 e. The maximum absolute atomic E-state index is 12.3. The van der Waals surface area contributed by atoms with Crippen LogP contribution in [0, 0.1) is 12.3 Å². The van der Waals surface area contributed by atoms with Crippen molar-refractivity contribution in [3.8, 4) is 0 Å². The number of rotatable bonds is 3. The van der Waals surface area contributed by atoms with Gasteiger partial charge in [0.2, 0.25) is 0 Å². The Morgan fingerprint density at radius 1 is 1.56 bits per heavy atom. The molecule has 0 spiro atoms. The minimum Gasteiger partial charge on any atom is -0.481 e. The number of hydrogen-bond acceptors (Lipinski definition) is 3. The Labute approximate surface area is 110 Å². The van der Waals surface area contributed by atoms with E-state index in [1.54, 1.807) is 4.90 Å². The van der Waals surface area contributed by atoms with Crippen LogP contribution in [0.2, 0.25) is 0 Å². The topological polar surface area (TPSA) is 57.6 Å². The summed E-state index contributed by atoms with van der Waals surface area (Å²) in [7, 11) is 0. The number of aryl methyl sites for hydroxylation is 1. The number of thiophene rings is 1. The second kappa shape index (κ2) is 4.72. The number of carboxylic acid groups (broad SMARTS) is 1. The quantitative estimate of drug-likeness (QED) is 0.914. The highest BCUT2D eigenvalue weighted by molar-refractivity contribution is 7.12. The van der Waals surface area contributed by atoms with Gasteiger partial charge in [0.1, 0.15) is 0 Å². The van der Waals surface area contributed by atoms with Crippen molar-refractivity contribution in [1.82, 2.24) is 4.90 Å². The molecule has 2 heterocycles. The number of nitrogens with zero attached hydrogens (tertiary/aromatic N) is 1. The van der Waals surface area contributed by atoms with E-state index in [0.29, 0.717) is 25.9 Å². The molecule has 0 saturated carbocycles. The molecule has 1 saturated heterocycles. The number of likely N-dealkylation sites (tertiary alicyclic amines) is 1. The summed E-state index contributed by atoms with van der Waals surface area (Å²) >= 11 is 1.42. The molecule has 5 heteroatoms. The van der Waals surface area contributed by atoms with E-state index in [1.807, 2.05) is 25.3 Å². The second-order valence-electron chi connectivity index (χ2n) is 4.85. The normalized spacial score (nSPS) is 23.3. The van der Waals surface area contributed by atoms with E-state index in [0.717, 1.165) is 10.4 Å². The van der Waals surface area contributed by atoms with Crippen molar-refractivity contribution in [1.29, 1.82) is 0 Å². The average Bonchev–Trinajstić information content (AvgIpc) is 2.95. The zero-order chi connectivity index (χ0) is 13.3. The summed E-state index contributed by atoms with van der Waals surface area (Å²) in [4.78, 5) is 26.0. The lowest BCUT2D eigenvalue weighted by molar-refractivity contribution is -0.148. The summed E-state index contributed by atoms with van der Waals surface area (Å²) in [5.41, 5.74) is 0.218. The highest BCUT2D eigenvalue weighted by Crippen LogP contribution is 2.35. The molecule has 0 aromatic carbocycles. The largest absolute Gasteiger partial charge is 0.481 e. The van der Waals surface area contributed by atoms with E-state index in [1.165, 1.54) is 11.3 Å². The Kier molecular flexibility index (Phi) is 3.43. The van der Waals surface area contributed by atoms with Crippen LogP contribution in [0.25, 0.3) is 0 Å². The molecule has 2 rings (SSSR count). The highest BCUT2D eigenvalue weighted by atomic mass is 32.1. The van der Waals surface area contributed by atoms with Gasteiger partial charge in [-0.25, -0.2) is 0 Å². The molecule has 1 aliphatic heterocycles. The van der Waals surface area contributed by atoms with Gasteiger partial charge in [-0.3, -0.25) is 9.59 Å². The molecule has 1 aromatic heterocycles. The first-order valence-corrected chi connectivity index (χ1v) is 6.95. The average molecular weight is 267 g/mol. The molecule has 18 heavy (non-hydrogen) atoms. The number of carbonyl (C=O) groups is 2. The minimum atomic E-state index is -0.789. The molecule has 1 atom stereocenters. The third-order valence-corrected chi connectivity index (χ3v) is 4.83. The molecule has 98 valence electrons. The number of carboxylic acids is 1. The fraction of sp³-hybridized carbons (Fsp3) is 0.538. The van der Waals surface area contributed by atoms with Crippen LogP contribution in [0.1, 0.15) is 35.0 Å². The van der Waals surface area contributed by atoms with Crippen molar-refractivity contribution < 1.29 is 14.7 Å². The zero-order valence-corrected chi connectivity index (χ0v) is 11.4. The molecular formula is C13H17NO3S. The fourth-order valence-corrected chi connectivity index (χ4v) is 3.29. The van der Waals surface area contributed by atoms with E-state index >= 15 is 0 Å². The summed E-state index contributed by atoms with van der Waals surface area (Å²) in [6.45, 7) is 4.65. The standard InChI is InChI=1S/C13H17NO3S/c1-3-13(12(16)17)5-6-14(8-13)11(15)10-9(2)4-7-18-10/h4,7H,3,5-6,8H2,1-2H3,(H,16,17). The molecule has 0 bridgehead atoms. The lowest BCUT2D eigenvalue weighted by atomic mass is 9.84. The monoisotopic (exact) mass is 267 g/mol.